The molecule has 0 radical (unpaired) electrons. The molecule has 2 unspecified atom stereocenters. The molecular formula is C22H16N2O6. The number of aromatic nitrogens is 1. The summed E-state index contributed by atoms with van der Waals surface area (Å²) in [6.45, 7) is 1.71. The molecule has 0 saturated heterocycles. The summed E-state index contributed by atoms with van der Waals surface area (Å²) in [6.07, 6.45) is -1.08. The minimum absolute atomic E-state index is 0.0115. The molecule has 3 heterocycles. The zero-order valence-electron chi connectivity index (χ0n) is 15.8. The lowest BCUT2D eigenvalue weighted by Gasteiger charge is -2.18. The van der Waals surface area contributed by atoms with Gasteiger partial charge in [-0.15, -0.1) is 0 Å². The third-order valence-corrected chi connectivity index (χ3v) is 5.02. The Morgan fingerprint density at radius 1 is 1.13 bits per heavy atom. The molecule has 1 aliphatic heterocycles. The third kappa shape index (κ3) is 2.89. The van der Waals surface area contributed by atoms with Crippen molar-refractivity contribution < 1.29 is 23.6 Å². The average Bonchev–Trinajstić information content (AvgIpc) is 3.32. The summed E-state index contributed by atoms with van der Waals surface area (Å²) in [7, 11) is 0. The number of phenolic OH excluding ortho intramolecular Hbond substituents is 1. The largest absolute Gasteiger partial charge is 0.508 e. The molecule has 30 heavy (non-hydrogen) atoms. The average molecular weight is 404 g/mol. The second kappa shape index (κ2) is 6.77. The molecule has 0 saturated carbocycles. The van der Waals surface area contributed by atoms with Crippen LogP contribution in [0.3, 0.4) is 0 Å². The van der Waals surface area contributed by atoms with Crippen LogP contribution in [-0.4, -0.2) is 22.3 Å². The summed E-state index contributed by atoms with van der Waals surface area (Å²) in [4.78, 5) is 26.0. The van der Waals surface area contributed by atoms with E-state index in [9.17, 15) is 14.7 Å². The Bertz CT molecular complexity index is 1340. The molecule has 1 aliphatic rings. The molecular weight excluding hydrogens is 388 g/mol. The van der Waals surface area contributed by atoms with E-state index in [0.717, 1.165) is 0 Å². The molecule has 4 aromatic rings. The standard InChI is InChI=1S/C22H16N2O6/c1-11-9-16(24-30-11)23-21(26)20-17(12-5-4-6-13(25)10-12)18-19(29-20)14-7-2-3-8-15(14)28-22(18)27/h2-10,17,20,25H,1H3,(H,23,24,26). The number of rotatable bonds is 3. The number of carbonyl (C=O) groups excluding carboxylic acids is 1. The molecule has 2 atom stereocenters. The van der Waals surface area contributed by atoms with Gasteiger partial charge in [-0.3, -0.25) is 4.79 Å². The van der Waals surface area contributed by atoms with Gasteiger partial charge in [0.25, 0.3) is 5.91 Å². The first-order chi connectivity index (χ1) is 14.5. The molecule has 5 rings (SSSR count). The van der Waals surface area contributed by atoms with Gasteiger partial charge in [0.15, 0.2) is 11.9 Å². The molecule has 0 bridgehead atoms. The van der Waals surface area contributed by atoms with Crippen molar-refractivity contribution in [1.29, 1.82) is 0 Å². The Morgan fingerprint density at radius 2 is 1.97 bits per heavy atom. The van der Waals surface area contributed by atoms with E-state index >= 15 is 0 Å². The SMILES string of the molecule is Cc1cc(NC(=O)C2Oc3c(c(=O)oc4ccccc34)C2c2cccc(O)c2)no1. The van der Waals surface area contributed by atoms with Gasteiger partial charge in [0.2, 0.25) is 0 Å². The summed E-state index contributed by atoms with van der Waals surface area (Å²) in [5, 5.41) is 17.0. The number of carbonyl (C=O) groups is 1. The molecule has 0 spiro atoms. The number of phenols is 1. The molecule has 2 aromatic carbocycles. The first-order valence-corrected chi connectivity index (χ1v) is 9.27. The lowest BCUT2D eigenvalue weighted by Crippen LogP contribution is -2.35. The zero-order valence-corrected chi connectivity index (χ0v) is 15.8. The maximum absolute atomic E-state index is 13.1. The molecule has 150 valence electrons. The van der Waals surface area contributed by atoms with E-state index in [2.05, 4.69) is 10.5 Å². The van der Waals surface area contributed by atoms with E-state index in [1.54, 1.807) is 49.4 Å². The van der Waals surface area contributed by atoms with Crippen LogP contribution in [0.25, 0.3) is 11.0 Å². The molecule has 2 aromatic heterocycles. The Balaban J connectivity index is 1.66. The fourth-order valence-electron chi connectivity index (χ4n) is 3.76. The lowest BCUT2D eigenvalue weighted by atomic mass is 9.88. The van der Waals surface area contributed by atoms with Crippen molar-refractivity contribution in [2.75, 3.05) is 5.32 Å². The van der Waals surface area contributed by atoms with Gasteiger partial charge < -0.3 is 24.1 Å². The van der Waals surface area contributed by atoms with Crippen molar-refractivity contribution in [1.82, 2.24) is 5.16 Å². The van der Waals surface area contributed by atoms with Crippen molar-refractivity contribution in [3.63, 3.8) is 0 Å². The number of aromatic hydroxyl groups is 1. The van der Waals surface area contributed by atoms with E-state index in [-0.39, 0.29) is 17.1 Å². The van der Waals surface area contributed by atoms with Gasteiger partial charge in [-0.1, -0.05) is 29.4 Å². The summed E-state index contributed by atoms with van der Waals surface area (Å²) in [5.41, 5.74) is 0.553. The predicted octanol–water partition coefficient (Wildman–Crippen LogP) is 3.33. The van der Waals surface area contributed by atoms with Crippen LogP contribution < -0.4 is 15.7 Å². The van der Waals surface area contributed by atoms with Crippen LogP contribution in [0.4, 0.5) is 5.82 Å². The van der Waals surface area contributed by atoms with Crippen molar-refractivity contribution in [3.05, 3.63) is 81.9 Å². The van der Waals surface area contributed by atoms with Crippen LogP contribution in [0.1, 0.15) is 22.8 Å². The highest BCUT2D eigenvalue weighted by molar-refractivity contribution is 5.97. The molecule has 0 aliphatic carbocycles. The molecule has 0 fully saturated rings. The summed E-state index contributed by atoms with van der Waals surface area (Å²) >= 11 is 0. The van der Waals surface area contributed by atoms with Crippen LogP contribution in [-0.2, 0) is 4.79 Å². The number of benzene rings is 2. The Labute approximate surface area is 169 Å². The van der Waals surface area contributed by atoms with Gasteiger partial charge in [0, 0.05) is 6.07 Å². The molecule has 8 nitrogen and oxygen atoms in total. The van der Waals surface area contributed by atoms with E-state index < -0.39 is 23.6 Å². The Morgan fingerprint density at radius 3 is 2.73 bits per heavy atom. The van der Waals surface area contributed by atoms with E-state index in [1.165, 1.54) is 12.1 Å². The predicted molar refractivity (Wildman–Crippen MR) is 107 cm³/mol. The first kappa shape index (κ1) is 18.0. The number of para-hydroxylation sites is 1. The van der Waals surface area contributed by atoms with Crippen molar-refractivity contribution in [2.45, 2.75) is 18.9 Å². The minimum Gasteiger partial charge on any atom is -0.508 e. The number of fused-ring (bicyclic) bond motifs is 3. The quantitative estimate of drug-likeness (QED) is 0.503. The monoisotopic (exact) mass is 404 g/mol. The maximum atomic E-state index is 13.1. The van der Waals surface area contributed by atoms with Crippen molar-refractivity contribution in [3.8, 4) is 11.5 Å². The Kier molecular flexibility index (Phi) is 4.06. The molecule has 2 N–H and O–H groups in total. The van der Waals surface area contributed by atoms with Gasteiger partial charge >= 0.3 is 5.63 Å². The molecule has 8 heteroatoms. The number of nitrogens with zero attached hydrogens (tertiary/aromatic N) is 1. The van der Waals surface area contributed by atoms with E-state index in [0.29, 0.717) is 28.0 Å². The molecule has 1 amide bonds. The number of aryl methyl sites for hydroxylation is 1. The highest BCUT2D eigenvalue weighted by atomic mass is 16.5. The highest BCUT2D eigenvalue weighted by Gasteiger charge is 2.44. The fourth-order valence-corrected chi connectivity index (χ4v) is 3.76. The van der Waals surface area contributed by atoms with Gasteiger partial charge in [-0.2, -0.15) is 0 Å². The normalized spacial score (nSPS) is 17.5. The zero-order chi connectivity index (χ0) is 20.8. The van der Waals surface area contributed by atoms with E-state index in [4.69, 9.17) is 13.7 Å². The van der Waals surface area contributed by atoms with Crippen molar-refractivity contribution >= 4 is 22.7 Å². The summed E-state index contributed by atoms with van der Waals surface area (Å²) in [6, 6.07) is 14.9. The van der Waals surface area contributed by atoms with Crippen LogP contribution >= 0.6 is 0 Å². The van der Waals surface area contributed by atoms with Crippen LogP contribution in [0.5, 0.6) is 11.5 Å². The number of nitrogens with one attached hydrogen (secondary N) is 1. The Hall–Kier alpha value is -4.07. The van der Waals surface area contributed by atoms with Crippen molar-refractivity contribution in [2.24, 2.45) is 0 Å². The van der Waals surface area contributed by atoms with E-state index in [1.807, 2.05) is 0 Å². The first-order valence-electron chi connectivity index (χ1n) is 9.27. The maximum Gasteiger partial charge on any atom is 0.344 e. The number of hydrogen-bond donors (Lipinski definition) is 2. The smallest absolute Gasteiger partial charge is 0.344 e. The van der Waals surface area contributed by atoms with Gasteiger partial charge in [0.1, 0.15) is 22.8 Å². The summed E-state index contributed by atoms with van der Waals surface area (Å²) < 4.78 is 16.5. The van der Waals surface area contributed by atoms with Gasteiger partial charge in [-0.05, 0) is 36.8 Å². The van der Waals surface area contributed by atoms with Crippen LogP contribution in [0.15, 0.2) is 68.3 Å². The van der Waals surface area contributed by atoms with Crippen LogP contribution in [0.2, 0.25) is 0 Å². The second-order valence-electron chi connectivity index (χ2n) is 7.05. The van der Waals surface area contributed by atoms with Gasteiger partial charge in [0.05, 0.1) is 16.9 Å². The lowest BCUT2D eigenvalue weighted by molar-refractivity contribution is -0.122. The fraction of sp³-hybridized carbons (Fsp3) is 0.136. The second-order valence-corrected chi connectivity index (χ2v) is 7.05. The van der Waals surface area contributed by atoms with Gasteiger partial charge in [-0.25, -0.2) is 4.79 Å². The number of ether oxygens (including phenoxy) is 1. The van der Waals surface area contributed by atoms with Crippen LogP contribution in [0, 0.1) is 6.92 Å². The number of amides is 1. The third-order valence-electron chi connectivity index (χ3n) is 5.02. The number of anilines is 1. The minimum atomic E-state index is -1.08. The summed E-state index contributed by atoms with van der Waals surface area (Å²) in [5.74, 6) is -0.193. The topological polar surface area (TPSA) is 115 Å². The number of hydrogen-bond acceptors (Lipinski definition) is 7. The highest BCUT2D eigenvalue weighted by Crippen LogP contribution is 2.44.